The van der Waals surface area contributed by atoms with Crippen LogP contribution in [0.15, 0.2) is 41.3 Å². The van der Waals surface area contributed by atoms with Crippen LogP contribution in [0.1, 0.15) is 18.1 Å². The van der Waals surface area contributed by atoms with Crippen molar-refractivity contribution in [1.82, 2.24) is 0 Å². The molecule has 0 aromatic heterocycles. The monoisotopic (exact) mass is 422 g/mol. The normalized spacial score (nSPS) is 12.0. The molecule has 0 spiro atoms. The minimum Gasteiger partial charge on any atom is -0.481 e. The fraction of sp³-hybridized carbons (Fsp3) is 0.235. The molecule has 0 heterocycles. The van der Waals surface area contributed by atoms with E-state index in [0.29, 0.717) is 6.07 Å². The maximum absolute atomic E-state index is 13.0. The van der Waals surface area contributed by atoms with Crippen LogP contribution in [-0.4, -0.2) is 25.2 Å². The molecule has 0 bridgehead atoms. The molecule has 1 N–H and O–H groups in total. The van der Waals surface area contributed by atoms with Crippen LogP contribution in [0.5, 0.6) is 11.5 Å². The molecule has 2 aromatic rings. The van der Waals surface area contributed by atoms with Gasteiger partial charge in [-0.25, -0.2) is 8.42 Å². The van der Waals surface area contributed by atoms with E-state index in [0.717, 1.165) is 18.2 Å². The van der Waals surface area contributed by atoms with Gasteiger partial charge in [-0.2, -0.15) is 13.2 Å². The fourth-order valence-corrected chi connectivity index (χ4v) is 3.40. The van der Waals surface area contributed by atoms with Gasteiger partial charge in [0.15, 0.2) is 9.84 Å². The first-order valence-electron chi connectivity index (χ1n) is 7.55. The van der Waals surface area contributed by atoms with Crippen LogP contribution in [0.2, 0.25) is 5.02 Å². The van der Waals surface area contributed by atoms with Crippen LogP contribution in [0, 0.1) is 0 Å². The topological polar surface area (TPSA) is 80.7 Å². The number of benzene rings is 2. The number of carbonyl (C=O) groups is 1. The van der Waals surface area contributed by atoms with Crippen molar-refractivity contribution in [2.24, 2.45) is 0 Å². The van der Waals surface area contributed by atoms with E-state index in [1.807, 2.05) is 0 Å². The van der Waals surface area contributed by atoms with E-state index in [1.54, 1.807) is 0 Å². The standard InChI is InChI=1S/C17H14ClF3O5S/c1-2-27(24,25)13-3-4-15(14(18)9-13)26-12-6-10(7-16(22)23)5-11(8-12)17(19,20)21/h3-6,8-9H,2,7H2,1H3,(H,22,23). The highest BCUT2D eigenvalue weighted by Crippen LogP contribution is 2.36. The minimum absolute atomic E-state index is 0.0436. The minimum atomic E-state index is -4.70. The second-order valence-electron chi connectivity index (χ2n) is 5.53. The molecule has 0 fully saturated rings. The second kappa shape index (κ2) is 7.77. The van der Waals surface area contributed by atoms with E-state index >= 15 is 0 Å². The SMILES string of the molecule is CCS(=O)(=O)c1ccc(Oc2cc(CC(=O)O)cc(C(F)(F)F)c2)c(Cl)c1. The first-order valence-corrected chi connectivity index (χ1v) is 9.58. The van der Waals surface area contributed by atoms with E-state index in [4.69, 9.17) is 21.4 Å². The predicted molar refractivity (Wildman–Crippen MR) is 92.0 cm³/mol. The Morgan fingerprint density at radius 1 is 1.19 bits per heavy atom. The van der Waals surface area contributed by atoms with Crippen molar-refractivity contribution in [3.63, 3.8) is 0 Å². The summed E-state index contributed by atoms with van der Waals surface area (Å²) in [5.41, 5.74) is -1.17. The van der Waals surface area contributed by atoms with Gasteiger partial charge in [-0.1, -0.05) is 18.5 Å². The molecule has 146 valence electrons. The zero-order valence-corrected chi connectivity index (χ0v) is 15.5. The molecule has 0 saturated heterocycles. The zero-order valence-electron chi connectivity index (χ0n) is 13.9. The third-order valence-electron chi connectivity index (χ3n) is 3.52. The Labute approximate surface area is 158 Å². The quantitative estimate of drug-likeness (QED) is 0.737. The molecule has 0 radical (unpaired) electrons. The highest BCUT2D eigenvalue weighted by atomic mass is 35.5. The van der Waals surface area contributed by atoms with Gasteiger partial charge in [0.05, 0.1) is 27.7 Å². The zero-order chi connectivity index (χ0) is 20.4. The van der Waals surface area contributed by atoms with Gasteiger partial charge in [0.25, 0.3) is 0 Å². The number of hydrogen-bond donors (Lipinski definition) is 1. The number of halogens is 4. The predicted octanol–water partition coefficient (Wildman–Crippen LogP) is 4.57. The third kappa shape index (κ3) is 5.36. The van der Waals surface area contributed by atoms with Gasteiger partial charge in [0.1, 0.15) is 11.5 Å². The van der Waals surface area contributed by atoms with Gasteiger partial charge < -0.3 is 9.84 Å². The average Bonchev–Trinajstić information content (AvgIpc) is 2.55. The highest BCUT2D eigenvalue weighted by Gasteiger charge is 2.31. The van der Waals surface area contributed by atoms with Crippen LogP contribution in [0.25, 0.3) is 0 Å². The summed E-state index contributed by atoms with van der Waals surface area (Å²) in [5, 5.41) is 8.71. The van der Waals surface area contributed by atoms with Gasteiger partial charge in [0, 0.05) is 0 Å². The summed E-state index contributed by atoms with van der Waals surface area (Å²) in [6.45, 7) is 1.46. The highest BCUT2D eigenvalue weighted by molar-refractivity contribution is 7.91. The van der Waals surface area contributed by atoms with Crippen LogP contribution in [-0.2, 0) is 27.2 Å². The Hall–Kier alpha value is -2.26. The van der Waals surface area contributed by atoms with Crippen molar-refractivity contribution in [3.8, 4) is 11.5 Å². The van der Waals surface area contributed by atoms with Crippen molar-refractivity contribution < 1.29 is 36.2 Å². The van der Waals surface area contributed by atoms with Crippen molar-refractivity contribution in [1.29, 1.82) is 0 Å². The smallest absolute Gasteiger partial charge is 0.416 e. The molecule has 10 heteroatoms. The first-order chi connectivity index (χ1) is 12.4. The maximum Gasteiger partial charge on any atom is 0.416 e. The summed E-state index contributed by atoms with van der Waals surface area (Å²) in [6.07, 6.45) is -5.32. The first kappa shape index (κ1) is 21.0. The van der Waals surface area contributed by atoms with Gasteiger partial charge in [0.2, 0.25) is 0 Å². The van der Waals surface area contributed by atoms with E-state index in [9.17, 15) is 26.4 Å². The number of carboxylic acid groups (broad SMARTS) is 1. The number of aliphatic carboxylic acids is 1. The molecule has 5 nitrogen and oxygen atoms in total. The summed E-state index contributed by atoms with van der Waals surface area (Å²) < 4.78 is 68.1. The molecule has 0 aliphatic carbocycles. The van der Waals surface area contributed by atoms with E-state index < -0.39 is 34.0 Å². The molecule has 0 unspecified atom stereocenters. The summed E-state index contributed by atoms with van der Waals surface area (Å²) >= 11 is 5.99. The van der Waals surface area contributed by atoms with Crippen LogP contribution in [0.3, 0.4) is 0 Å². The summed E-state index contributed by atoms with van der Waals surface area (Å²) in [6, 6.07) is 6.17. The van der Waals surface area contributed by atoms with Crippen LogP contribution < -0.4 is 4.74 Å². The lowest BCUT2D eigenvalue weighted by atomic mass is 10.1. The third-order valence-corrected chi connectivity index (χ3v) is 5.55. The Kier molecular flexibility index (Phi) is 6.06. The molecule has 2 rings (SSSR count). The second-order valence-corrected chi connectivity index (χ2v) is 8.22. The lowest BCUT2D eigenvalue weighted by molar-refractivity contribution is -0.138. The Morgan fingerprint density at radius 3 is 2.37 bits per heavy atom. The Balaban J connectivity index is 2.43. The van der Waals surface area contributed by atoms with Crippen molar-refractivity contribution in [2.75, 3.05) is 5.75 Å². The van der Waals surface area contributed by atoms with Crippen molar-refractivity contribution in [3.05, 3.63) is 52.5 Å². The maximum atomic E-state index is 13.0. The summed E-state index contributed by atoms with van der Waals surface area (Å²) in [7, 11) is -3.51. The number of hydrogen-bond acceptors (Lipinski definition) is 4. The molecule has 0 atom stereocenters. The van der Waals surface area contributed by atoms with E-state index in [1.165, 1.54) is 19.1 Å². The largest absolute Gasteiger partial charge is 0.481 e. The molecule has 27 heavy (non-hydrogen) atoms. The Morgan fingerprint density at radius 2 is 1.85 bits per heavy atom. The molecule has 0 aliphatic heterocycles. The summed E-state index contributed by atoms with van der Waals surface area (Å²) in [5.74, 6) is -1.77. The number of alkyl halides is 3. The van der Waals surface area contributed by atoms with Gasteiger partial charge >= 0.3 is 12.1 Å². The molecule has 0 amide bonds. The number of sulfone groups is 1. The lowest BCUT2D eigenvalue weighted by Gasteiger charge is -2.13. The number of carboxylic acids is 1. The van der Waals surface area contributed by atoms with Crippen molar-refractivity contribution >= 4 is 27.4 Å². The fourth-order valence-electron chi connectivity index (χ4n) is 2.21. The lowest BCUT2D eigenvalue weighted by Crippen LogP contribution is -2.08. The average molecular weight is 423 g/mol. The number of rotatable bonds is 6. The van der Waals surface area contributed by atoms with Crippen LogP contribution in [0.4, 0.5) is 13.2 Å². The van der Waals surface area contributed by atoms with Crippen LogP contribution >= 0.6 is 11.6 Å². The van der Waals surface area contributed by atoms with E-state index in [2.05, 4.69) is 0 Å². The summed E-state index contributed by atoms with van der Waals surface area (Å²) in [4.78, 5) is 10.8. The molecule has 2 aromatic carbocycles. The van der Waals surface area contributed by atoms with Gasteiger partial charge in [-0.05, 0) is 42.0 Å². The molecule has 0 saturated carbocycles. The molecular weight excluding hydrogens is 409 g/mol. The van der Waals surface area contributed by atoms with Gasteiger partial charge in [-0.15, -0.1) is 0 Å². The van der Waals surface area contributed by atoms with Gasteiger partial charge in [-0.3, -0.25) is 4.79 Å². The van der Waals surface area contributed by atoms with Crippen molar-refractivity contribution in [2.45, 2.75) is 24.4 Å². The van der Waals surface area contributed by atoms with E-state index in [-0.39, 0.29) is 32.7 Å². The molecule has 0 aliphatic rings. The Bertz CT molecular complexity index is 971. The molecular formula is C17H14ClF3O5S. The number of ether oxygens (including phenoxy) is 1.